The van der Waals surface area contributed by atoms with E-state index in [0.29, 0.717) is 22.8 Å². The van der Waals surface area contributed by atoms with E-state index in [1.807, 2.05) is 0 Å². The Hall–Kier alpha value is -4.05. The van der Waals surface area contributed by atoms with Crippen LogP contribution in [0.25, 0.3) is 0 Å². The lowest BCUT2D eigenvalue weighted by Crippen LogP contribution is -2.18. The third-order valence-corrected chi connectivity index (χ3v) is 5.67. The molecule has 1 N–H and O–H groups in total. The minimum atomic E-state index is -3.75. The van der Waals surface area contributed by atoms with E-state index < -0.39 is 16.0 Å². The van der Waals surface area contributed by atoms with Crippen molar-refractivity contribution in [2.45, 2.75) is 4.90 Å². The number of carbonyl (C=O) groups is 1. The minimum Gasteiger partial charge on any atom is -0.493 e. The fourth-order valence-electron chi connectivity index (χ4n) is 2.81. The van der Waals surface area contributed by atoms with Crippen molar-refractivity contribution in [1.29, 1.82) is 0 Å². The van der Waals surface area contributed by atoms with Crippen molar-refractivity contribution in [3.05, 3.63) is 77.9 Å². The molecule has 0 atom stereocenters. The number of carbonyl (C=O) groups excluding carboxylic acids is 1. The van der Waals surface area contributed by atoms with Gasteiger partial charge in [0, 0.05) is 0 Å². The molecule has 3 rings (SSSR count). The van der Waals surface area contributed by atoms with E-state index in [9.17, 15) is 13.2 Å². The summed E-state index contributed by atoms with van der Waals surface area (Å²) in [4.78, 5) is 14.8. The molecule has 3 aromatic carbocycles. The van der Waals surface area contributed by atoms with E-state index in [0.717, 1.165) is 0 Å². The van der Waals surface area contributed by atoms with Crippen molar-refractivity contribution in [3.8, 4) is 23.0 Å². The molecular weight excluding hydrogens is 448 g/mol. The largest absolute Gasteiger partial charge is 0.493 e. The number of sulfonamides is 1. The van der Waals surface area contributed by atoms with Crippen LogP contribution in [0.4, 0.5) is 0 Å². The van der Waals surface area contributed by atoms with Gasteiger partial charge in [-0.3, -0.25) is 0 Å². The van der Waals surface area contributed by atoms with Gasteiger partial charge in [0.05, 0.1) is 38.0 Å². The van der Waals surface area contributed by atoms with Gasteiger partial charge < -0.3 is 18.9 Å². The topological polar surface area (TPSA) is 113 Å². The van der Waals surface area contributed by atoms with Gasteiger partial charge in [-0.15, -0.1) is 0 Å². The van der Waals surface area contributed by atoms with Crippen molar-refractivity contribution < 1.29 is 32.2 Å². The van der Waals surface area contributed by atoms with Gasteiger partial charge in [-0.2, -0.15) is 13.5 Å². The first-order valence-electron chi connectivity index (χ1n) is 9.60. The summed E-state index contributed by atoms with van der Waals surface area (Å²) in [5, 5.41) is 3.77. The van der Waals surface area contributed by atoms with Crippen molar-refractivity contribution >= 4 is 22.2 Å². The number of ether oxygens (including phenoxy) is 4. The third-order valence-electron chi connectivity index (χ3n) is 4.43. The summed E-state index contributed by atoms with van der Waals surface area (Å²) in [6.45, 7) is 0. The van der Waals surface area contributed by atoms with E-state index in [-0.39, 0.29) is 16.2 Å². The first kappa shape index (κ1) is 23.6. The number of hydrogen-bond donors (Lipinski definition) is 1. The van der Waals surface area contributed by atoms with Crippen LogP contribution in [0.1, 0.15) is 15.9 Å². The first-order valence-corrected chi connectivity index (χ1v) is 11.1. The minimum absolute atomic E-state index is 0.108. The molecule has 0 spiro atoms. The number of hydrogen-bond acceptors (Lipinski definition) is 8. The van der Waals surface area contributed by atoms with Crippen molar-refractivity contribution in [2.75, 3.05) is 21.3 Å². The quantitative estimate of drug-likeness (QED) is 0.221. The highest BCUT2D eigenvalue weighted by Crippen LogP contribution is 2.38. The van der Waals surface area contributed by atoms with Crippen LogP contribution in [-0.4, -0.2) is 41.9 Å². The van der Waals surface area contributed by atoms with Gasteiger partial charge in [0.2, 0.25) is 5.75 Å². The molecular formula is C23H22N2O7S. The number of nitrogens with one attached hydrogen (secondary N) is 1. The van der Waals surface area contributed by atoms with Gasteiger partial charge in [-0.25, -0.2) is 9.63 Å². The molecule has 0 aliphatic heterocycles. The SMILES string of the molecule is COc1cc(C(=O)Oc2ccc(C=NNS(=O)(=O)c3ccccc3)cc2)cc(OC)c1OC. The fraction of sp³-hybridized carbons (Fsp3) is 0.130. The predicted octanol–water partition coefficient (Wildman–Crippen LogP) is 3.24. The Bertz CT molecular complexity index is 1220. The van der Waals surface area contributed by atoms with E-state index >= 15 is 0 Å². The highest BCUT2D eigenvalue weighted by Gasteiger charge is 2.18. The van der Waals surface area contributed by atoms with Crippen LogP contribution in [0.3, 0.4) is 0 Å². The molecule has 172 valence electrons. The molecule has 0 saturated carbocycles. The summed E-state index contributed by atoms with van der Waals surface area (Å²) < 4.78 is 45.5. The number of methoxy groups -OCH3 is 3. The van der Waals surface area contributed by atoms with Crippen molar-refractivity contribution in [3.63, 3.8) is 0 Å². The van der Waals surface area contributed by atoms with Crippen LogP contribution < -0.4 is 23.8 Å². The van der Waals surface area contributed by atoms with Gasteiger partial charge in [-0.05, 0) is 54.1 Å². The smallest absolute Gasteiger partial charge is 0.343 e. The molecule has 0 aliphatic carbocycles. The highest BCUT2D eigenvalue weighted by molar-refractivity contribution is 7.89. The van der Waals surface area contributed by atoms with Crippen LogP contribution in [0.2, 0.25) is 0 Å². The van der Waals surface area contributed by atoms with Crippen LogP contribution in [0, 0.1) is 0 Å². The molecule has 0 unspecified atom stereocenters. The average Bonchev–Trinajstić information content (AvgIpc) is 2.84. The monoisotopic (exact) mass is 470 g/mol. The summed E-state index contributed by atoms with van der Waals surface area (Å²) in [5.41, 5.74) is 0.809. The van der Waals surface area contributed by atoms with Crippen LogP contribution in [0.5, 0.6) is 23.0 Å². The fourth-order valence-corrected chi connectivity index (χ4v) is 3.62. The van der Waals surface area contributed by atoms with Gasteiger partial charge in [-0.1, -0.05) is 18.2 Å². The maximum Gasteiger partial charge on any atom is 0.343 e. The number of hydrazone groups is 1. The Morgan fingerprint density at radius 2 is 1.48 bits per heavy atom. The van der Waals surface area contributed by atoms with Gasteiger partial charge >= 0.3 is 5.97 Å². The maximum absolute atomic E-state index is 12.6. The molecule has 9 nitrogen and oxygen atoms in total. The van der Waals surface area contributed by atoms with E-state index in [1.54, 1.807) is 42.5 Å². The zero-order chi connectivity index (χ0) is 23.8. The summed E-state index contributed by atoms with van der Waals surface area (Å²) in [5.74, 6) is 0.687. The standard InChI is InChI=1S/C23H22N2O7S/c1-29-20-13-17(14-21(30-2)22(20)31-3)23(26)32-18-11-9-16(10-12-18)15-24-25-33(27,28)19-7-5-4-6-8-19/h4-15,25H,1-3H3. The Morgan fingerprint density at radius 3 is 2.03 bits per heavy atom. The Labute approximate surface area is 191 Å². The third kappa shape index (κ3) is 5.80. The normalized spacial score (nSPS) is 11.1. The second-order valence-electron chi connectivity index (χ2n) is 6.54. The summed E-state index contributed by atoms with van der Waals surface area (Å²) >= 11 is 0. The lowest BCUT2D eigenvalue weighted by molar-refractivity contribution is 0.0734. The van der Waals surface area contributed by atoms with E-state index in [4.69, 9.17) is 18.9 Å². The molecule has 0 aromatic heterocycles. The van der Waals surface area contributed by atoms with Crippen LogP contribution in [0.15, 0.2) is 76.7 Å². The summed E-state index contributed by atoms with van der Waals surface area (Å²) in [6, 6.07) is 17.2. The number of rotatable bonds is 9. The van der Waals surface area contributed by atoms with Gasteiger partial charge in [0.15, 0.2) is 11.5 Å². The van der Waals surface area contributed by atoms with Gasteiger partial charge in [0.25, 0.3) is 10.0 Å². The first-order chi connectivity index (χ1) is 15.9. The molecule has 0 bridgehead atoms. The van der Waals surface area contributed by atoms with Crippen molar-refractivity contribution in [1.82, 2.24) is 4.83 Å². The lowest BCUT2D eigenvalue weighted by atomic mass is 10.2. The summed E-state index contributed by atoms with van der Waals surface area (Å²) in [7, 11) is 0.622. The Morgan fingerprint density at radius 1 is 0.879 bits per heavy atom. The highest BCUT2D eigenvalue weighted by atomic mass is 32.2. The molecule has 0 amide bonds. The van der Waals surface area contributed by atoms with Crippen molar-refractivity contribution in [2.24, 2.45) is 5.10 Å². The molecule has 0 saturated heterocycles. The zero-order valence-electron chi connectivity index (χ0n) is 18.1. The molecule has 33 heavy (non-hydrogen) atoms. The second-order valence-corrected chi connectivity index (χ2v) is 8.20. The average molecular weight is 471 g/mol. The maximum atomic E-state index is 12.6. The van der Waals surface area contributed by atoms with E-state index in [2.05, 4.69) is 9.93 Å². The second kappa shape index (κ2) is 10.5. The number of benzene rings is 3. The molecule has 10 heteroatoms. The van der Waals surface area contributed by atoms with Gasteiger partial charge in [0.1, 0.15) is 5.75 Å². The zero-order valence-corrected chi connectivity index (χ0v) is 19.0. The Kier molecular flexibility index (Phi) is 7.52. The molecule has 0 aliphatic rings. The predicted molar refractivity (Wildman–Crippen MR) is 122 cm³/mol. The number of nitrogens with zero attached hydrogens (tertiary/aromatic N) is 1. The molecule has 0 heterocycles. The van der Waals surface area contributed by atoms with Crippen LogP contribution >= 0.6 is 0 Å². The lowest BCUT2D eigenvalue weighted by Gasteiger charge is -2.13. The summed E-state index contributed by atoms with van der Waals surface area (Å²) in [6.07, 6.45) is 1.34. The van der Waals surface area contributed by atoms with Crippen LogP contribution in [-0.2, 0) is 10.0 Å². The molecule has 0 fully saturated rings. The molecule has 3 aromatic rings. The molecule has 0 radical (unpaired) electrons. The Balaban J connectivity index is 1.67. The van der Waals surface area contributed by atoms with E-state index in [1.165, 1.54) is 51.8 Å². The number of esters is 1.